The van der Waals surface area contributed by atoms with E-state index in [0.29, 0.717) is 0 Å². The van der Waals surface area contributed by atoms with Crippen LogP contribution in [-0.4, -0.2) is 73.6 Å². The van der Waals surface area contributed by atoms with Crippen LogP contribution >= 0.6 is 0 Å². The first-order chi connectivity index (χ1) is 22.2. The van der Waals surface area contributed by atoms with Crippen LogP contribution in [0.15, 0.2) is 84.9 Å². The number of hydrogen-bond acceptors (Lipinski definition) is 9. The summed E-state index contributed by atoms with van der Waals surface area (Å²) >= 11 is 0. The Bertz CT molecular complexity index is 1620. The third-order valence-corrected chi connectivity index (χ3v) is 7.30. The summed E-state index contributed by atoms with van der Waals surface area (Å²) < 4.78 is 16.0. The Kier molecular flexibility index (Phi) is 10.0. The number of para-hydroxylation sites is 2. The Morgan fingerprint density at radius 1 is 0.870 bits per heavy atom. The highest BCUT2D eigenvalue weighted by atomic mass is 16.7. The van der Waals surface area contributed by atoms with E-state index in [4.69, 9.17) is 14.2 Å². The Morgan fingerprint density at radius 2 is 1.52 bits per heavy atom. The normalized spacial score (nSPS) is 19.0. The van der Waals surface area contributed by atoms with Crippen molar-refractivity contribution in [1.82, 2.24) is 10.6 Å². The maximum absolute atomic E-state index is 14.1. The number of rotatable bonds is 10. The van der Waals surface area contributed by atoms with E-state index >= 15 is 0 Å². The van der Waals surface area contributed by atoms with Gasteiger partial charge in [-0.15, -0.1) is 0 Å². The summed E-state index contributed by atoms with van der Waals surface area (Å²) in [4.78, 5) is 79.9. The van der Waals surface area contributed by atoms with Crippen LogP contribution in [0.1, 0.15) is 29.3 Å². The van der Waals surface area contributed by atoms with Gasteiger partial charge in [-0.1, -0.05) is 60.7 Å². The van der Waals surface area contributed by atoms with E-state index in [1.807, 2.05) is 30.3 Å². The maximum Gasteiger partial charge on any atom is 0.310 e. The van der Waals surface area contributed by atoms with Crippen molar-refractivity contribution in [2.75, 3.05) is 29.5 Å². The average molecular weight is 629 g/mol. The Morgan fingerprint density at radius 3 is 2.22 bits per heavy atom. The van der Waals surface area contributed by atoms with Gasteiger partial charge in [0.25, 0.3) is 17.7 Å². The Labute approximate surface area is 264 Å². The van der Waals surface area contributed by atoms with Crippen molar-refractivity contribution < 1.29 is 43.0 Å². The van der Waals surface area contributed by atoms with Crippen molar-refractivity contribution in [2.45, 2.75) is 38.3 Å². The number of cyclic esters (lactones) is 1. The number of esters is 2. The van der Waals surface area contributed by atoms with Gasteiger partial charge in [0.2, 0.25) is 12.2 Å². The molecule has 3 atom stereocenters. The van der Waals surface area contributed by atoms with E-state index in [0.717, 1.165) is 17.4 Å². The highest BCUT2D eigenvalue weighted by Crippen LogP contribution is 2.33. The number of ether oxygens (including phenoxy) is 3. The third-order valence-electron chi connectivity index (χ3n) is 7.30. The fraction of sp³-hybridized carbons (Fsp3) is 0.273. The molecule has 0 aliphatic carbocycles. The lowest BCUT2D eigenvalue weighted by molar-refractivity contribution is -0.168. The topological polar surface area (TPSA) is 161 Å². The number of amides is 4. The van der Waals surface area contributed by atoms with Crippen LogP contribution in [-0.2, 0) is 44.8 Å². The van der Waals surface area contributed by atoms with E-state index < -0.39 is 67.1 Å². The molecule has 0 unspecified atom stereocenters. The molecule has 2 N–H and O–H groups in total. The van der Waals surface area contributed by atoms with Crippen LogP contribution in [0.2, 0.25) is 0 Å². The Balaban J connectivity index is 1.38. The van der Waals surface area contributed by atoms with E-state index in [1.165, 1.54) is 4.90 Å². The molecule has 3 aromatic carbocycles. The molecule has 1 saturated heterocycles. The monoisotopic (exact) mass is 628 g/mol. The predicted octanol–water partition coefficient (Wildman–Crippen LogP) is 1.70. The van der Waals surface area contributed by atoms with Gasteiger partial charge in [0.15, 0.2) is 6.61 Å². The van der Waals surface area contributed by atoms with Crippen LogP contribution in [0.25, 0.3) is 0 Å². The van der Waals surface area contributed by atoms with Gasteiger partial charge in [0.05, 0.1) is 30.9 Å². The second kappa shape index (κ2) is 14.5. The molecule has 1 fully saturated rings. The van der Waals surface area contributed by atoms with E-state index in [1.54, 1.807) is 54.6 Å². The van der Waals surface area contributed by atoms with Gasteiger partial charge in [-0.25, -0.2) is 0 Å². The molecule has 2 aliphatic heterocycles. The van der Waals surface area contributed by atoms with E-state index in [9.17, 15) is 28.8 Å². The van der Waals surface area contributed by atoms with Crippen molar-refractivity contribution in [2.24, 2.45) is 0 Å². The molecule has 238 valence electrons. The van der Waals surface area contributed by atoms with E-state index in [-0.39, 0.29) is 36.5 Å². The number of benzene rings is 3. The minimum atomic E-state index is -1.28. The minimum Gasteiger partial charge on any atom is -0.456 e. The molecule has 46 heavy (non-hydrogen) atoms. The quantitative estimate of drug-likeness (QED) is 0.319. The summed E-state index contributed by atoms with van der Waals surface area (Å²) in [6.45, 7) is -0.111. The number of anilines is 2. The van der Waals surface area contributed by atoms with Crippen molar-refractivity contribution in [3.8, 4) is 0 Å². The van der Waals surface area contributed by atoms with Gasteiger partial charge in [-0.2, -0.15) is 0 Å². The molecule has 2 aliphatic rings. The minimum absolute atomic E-state index is 0.135. The van der Waals surface area contributed by atoms with Gasteiger partial charge in [0.1, 0.15) is 18.6 Å². The second-order valence-corrected chi connectivity index (χ2v) is 10.6. The van der Waals surface area contributed by atoms with Crippen molar-refractivity contribution in [1.29, 1.82) is 0 Å². The van der Waals surface area contributed by atoms with Crippen molar-refractivity contribution in [3.05, 3.63) is 96.1 Å². The number of hydrogen-bond donors (Lipinski definition) is 2. The van der Waals surface area contributed by atoms with Crippen LogP contribution in [0.5, 0.6) is 0 Å². The van der Waals surface area contributed by atoms with Crippen molar-refractivity contribution >= 4 is 46.9 Å². The van der Waals surface area contributed by atoms with Crippen LogP contribution in [0.4, 0.5) is 11.4 Å². The lowest BCUT2D eigenvalue weighted by atomic mass is 10.1. The molecule has 0 saturated carbocycles. The summed E-state index contributed by atoms with van der Waals surface area (Å²) in [5.41, 5.74) is 1.61. The largest absolute Gasteiger partial charge is 0.456 e. The first-order valence-corrected chi connectivity index (χ1v) is 14.5. The predicted molar refractivity (Wildman–Crippen MR) is 163 cm³/mol. The fourth-order valence-corrected chi connectivity index (χ4v) is 5.12. The van der Waals surface area contributed by atoms with Crippen LogP contribution < -0.4 is 20.4 Å². The summed E-state index contributed by atoms with van der Waals surface area (Å²) in [6, 6.07) is 21.8. The summed E-state index contributed by atoms with van der Waals surface area (Å²) in [5, 5.41) is 5.42. The number of nitrogens with one attached hydrogen (secondary N) is 2. The first-order valence-electron chi connectivity index (χ1n) is 14.5. The highest BCUT2D eigenvalue weighted by molar-refractivity contribution is 6.11. The SMILES string of the molecule is CC(=O)OCC(=O)N1C[C@H](NC(=O)c2ccccc2)C(=O)N(CC(=O)N[C@H]2CC(=O)O[C@H]2OCc2ccccc2)c2ccccc21. The van der Waals surface area contributed by atoms with Gasteiger partial charge in [-0.05, 0) is 29.8 Å². The summed E-state index contributed by atoms with van der Waals surface area (Å²) in [5.74, 6) is -3.72. The molecule has 0 spiro atoms. The van der Waals surface area contributed by atoms with Crippen LogP contribution in [0.3, 0.4) is 0 Å². The van der Waals surface area contributed by atoms with Crippen molar-refractivity contribution in [3.63, 3.8) is 0 Å². The molecular formula is C33H32N4O9. The van der Waals surface area contributed by atoms with E-state index in [2.05, 4.69) is 10.6 Å². The summed E-state index contributed by atoms with van der Waals surface area (Å²) in [6.07, 6.45) is -1.18. The van der Waals surface area contributed by atoms with Gasteiger partial charge in [-0.3, -0.25) is 33.7 Å². The standard InChI is InChI=1S/C33H32N4O9/c1-21(38)44-20-29(40)36-17-25(35-31(42)23-12-6-3-7-13-23)32(43)37(27-15-9-8-14-26(27)36)18-28(39)34-24-16-30(41)46-33(24)45-19-22-10-4-2-5-11-22/h2-15,24-25,33H,16-20H2,1H3,(H,34,39)(H,35,42)/t24-,25-,33+/m0/s1. The Hall–Kier alpha value is -5.56. The number of fused-ring (bicyclic) bond motifs is 1. The zero-order chi connectivity index (χ0) is 32.6. The molecule has 13 nitrogen and oxygen atoms in total. The lowest BCUT2D eigenvalue weighted by Gasteiger charge is -2.26. The van der Waals surface area contributed by atoms with Gasteiger partial charge < -0.3 is 29.7 Å². The molecule has 0 bridgehead atoms. The average Bonchev–Trinajstić information content (AvgIpc) is 3.36. The molecular weight excluding hydrogens is 596 g/mol. The lowest BCUT2D eigenvalue weighted by Crippen LogP contribution is -2.55. The molecule has 0 aromatic heterocycles. The zero-order valence-electron chi connectivity index (χ0n) is 24.9. The number of carbonyl (C=O) groups excluding carboxylic acids is 6. The molecule has 4 amide bonds. The molecule has 13 heteroatoms. The smallest absolute Gasteiger partial charge is 0.310 e. The third kappa shape index (κ3) is 7.74. The molecule has 5 rings (SSSR count). The zero-order valence-corrected chi connectivity index (χ0v) is 24.9. The van der Waals surface area contributed by atoms with Crippen LogP contribution in [0, 0.1) is 0 Å². The first kappa shape index (κ1) is 31.9. The second-order valence-electron chi connectivity index (χ2n) is 10.6. The van der Waals surface area contributed by atoms with Gasteiger partial charge in [0, 0.05) is 12.5 Å². The number of carbonyl (C=O) groups is 6. The maximum atomic E-state index is 14.1. The molecule has 2 heterocycles. The number of nitrogens with zero attached hydrogens (tertiary/aromatic N) is 2. The van der Waals surface area contributed by atoms with Gasteiger partial charge >= 0.3 is 11.9 Å². The molecule has 3 aromatic rings. The highest BCUT2D eigenvalue weighted by Gasteiger charge is 2.40. The summed E-state index contributed by atoms with van der Waals surface area (Å²) in [7, 11) is 0. The molecule has 0 radical (unpaired) electrons. The fourth-order valence-electron chi connectivity index (χ4n) is 5.12.